The van der Waals surface area contributed by atoms with Crippen molar-refractivity contribution in [1.29, 1.82) is 0 Å². The molecule has 1 unspecified atom stereocenters. The molecule has 4 heterocycles. The number of fused-ring (bicyclic) bond motifs is 1. The summed E-state index contributed by atoms with van der Waals surface area (Å²) < 4.78 is 13.6. The van der Waals surface area contributed by atoms with Crippen molar-refractivity contribution < 1.29 is 9.47 Å². The molecule has 2 aliphatic rings. The minimum Gasteiger partial charge on any atom is -0.378 e. The predicted molar refractivity (Wildman–Crippen MR) is 125 cm³/mol. The highest BCUT2D eigenvalue weighted by atomic mass is 16.5. The van der Waals surface area contributed by atoms with Gasteiger partial charge in [0.15, 0.2) is 0 Å². The highest BCUT2D eigenvalue weighted by Gasteiger charge is 2.24. The van der Waals surface area contributed by atoms with Gasteiger partial charge in [0.1, 0.15) is 18.0 Å². The Hall–Kier alpha value is -2.75. The summed E-state index contributed by atoms with van der Waals surface area (Å²) in [4.78, 5) is 19.0. The number of nitrogens with zero attached hydrogens (tertiary/aromatic N) is 6. The van der Waals surface area contributed by atoms with Gasteiger partial charge in [0.25, 0.3) is 0 Å². The van der Waals surface area contributed by atoms with Crippen molar-refractivity contribution in [3.63, 3.8) is 0 Å². The maximum absolute atomic E-state index is 6.00. The number of benzene rings is 1. The number of nitrogens with two attached hydrogens (primary N) is 1. The third-order valence-corrected chi connectivity index (χ3v) is 6.12. The monoisotopic (exact) mass is 437 g/mol. The van der Waals surface area contributed by atoms with Gasteiger partial charge in [-0.15, -0.1) is 0 Å². The van der Waals surface area contributed by atoms with E-state index in [4.69, 9.17) is 25.2 Å². The lowest BCUT2D eigenvalue weighted by atomic mass is 10.1. The van der Waals surface area contributed by atoms with Gasteiger partial charge >= 0.3 is 0 Å². The van der Waals surface area contributed by atoms with Gasteiger partial charge in [0.2, 0.25) is 5.95 Å². The number of hydrogen-bond donors (Lipinski definition) is 1. The first-order valence-electron chi connectivity index (χ1n) is 11.5. The molecule has 5 rings (SSSR count). The lowest BCUT2D eigenvalue weighted by Gasteiger charge is -2.34. The highest BCUT2D eigenvalue weighted by molar-refractivity contribution is 5.77. The Balaban J connectivity index is 1.48. The van der Waals surface area contributed by atoms with Gasteiger partial charge in [-0.2, -0.15) is 9.97 Å². The molecule has 1 atom stereocenters. The average Bonchev–Trinajstić information content (AvgIpc) is 3.29. The molecule has 2 saturated heterocycles. The molecule has 32 heavy (non-hydrogen) atoms. The van der Waals surface area contributed by atoms with Crippen LogP contribution in [0.25, 0.3) is 16.9 Å². The van der Waals surface area contributed by atoms with Crippen LogP contribution in [0.15, 0.2) is 36.7 Å². The van der Waals surface area contributed by atoms with Crippen molar-refractivity contribution >= 4 is 22.8 Å². The van der Waals surface area contributed by atoms with E-state index >= 15 is 0 Å². The summed E-state index contributed by atoms with van der Waals surface area (Å²) in [5.41, 5.74) is 7.65. The zero-order valence-corrected chi connectivity index (χ0v) is 18.4. The third-order valence-electron chi connectivity index (χ3n) is 6.12. The Labute approximate surface area is 188 Å². The van der Waals surface area contributed by atoms with E-state index in [9.17, 15) is 0 Å². The molecule has 0 amide bonds. The molecule has 2 aliphatic heterocycles. The molecule has 0 radical (unpaired) electrons. The van der Waals surface area contributed by atoms with Gasteiger partial charge in [-0.05, 0) is 37.9 Å². The van der Waals surface area contributed by atoms with E-state index in [1.165, 1.54) is 0 Å². The molecule has 3 aromatic rings. The van der Waals surface area contributed by atoms with Crippen LogP contribution in [-0.2, 0) is 9.47 Å². The van der Waals surface area contributed by atoms with Crippen LogP contribution in [-0.4, -0.2) is 78.2 Å². The summed E-state index contributed by atoms with van der Waals surface area (Å²) in [6, 6.07) is 10.2. The molecule has 9 nitrogen and oxygen atoms in total. The van der Waals surface area contributed by atoms with Gasteiger partial charge in [-0.1, -0.05) is 12.1 Å². The molecule has 0 bridgehead atoms. The summed E-state index contributed by atoms with van der Waals surface area (Å²) in [6.45, 7) is 6.06. The Morgan fingerprint density at radius 1 is 0.969 bits per heavy atom. The first kappa shape index (κ1) is 21.1. The quantitative estimate of drug-likeness (QED) is 0.561. The van der Waals surface area contributed by atoms with E-state index < -0.39 is 0 Å². The standard InChI is InChI=1S/C23H31N7O2/c24-8-4-3-5-18-16-29(11-14-32-18)23-26-21(28-9-12-31-13-10-28)15-22(27-23)30-17-25-19-6-1-2-7-20(19)30/h1-2,6-7,15,17-18H,3-5,8-14,16,24H2. The Kier molecular flexibility index (Phi) is 6.47. The van der Waals surface area contributed by atoms with E-state index in [1.54, 1.807) is 0 Å². The molecule has 9 heteroatoms. The van der Waals surface area contributed by atoms with Crippen molar-refractivity contribution in [1.82, 2.24) is 19.5 Å². The fraction of sp³-hybridized carbons (Fsp3) is 0.522. The van der Waals surface area contributed by atoms with E-state index in [1.807, 2.05) is 29.1 Å². The van der Waals surface area contributed by atoms with Crippen molar-refractivity contribution in [3.05, 3.63) is 36.7 Å². The largest absolute Gasteiger partial charge is 0.378 e. The maximum atomic E-state index is 6.00. The first-order valence-corrected chi connectivity index (χ1v) is 11.5. The number of imidazole rings is 1. The summed E-state index contributed by atoms with van der Waals surface area (Å²) >= 11 is 0. The second-order valence-electron chi connectivity index (χ2n) is 8.31. The van der Waals surface area contributed by atoms with E-state index in [-0.39, 0.29) is 6.10 Å². The number of unbranched alkanes of at least 4 members (excludes halogenated alkanes) is 1. The molecular formula is C23H31N7O2. The number of ether oxygens (including phenoxy) is 2. The maximum Gasteiger partial charge on any atom is 0.229 e. The van der Waals surface area contributed by atoms with Crippen LogP contribution in [0.3, 0.4) is 0 Å². The van der Waals surface area contributed by atoms with Crippen LogP contribution in [0.2, 0.25) is 0 Å². The smallest absolute Gasteiger partial charge is 0.229 e. The third kappa shape index (κ3) is 4.55. The second-order valence-corrected chi connectivity index (χ2v) is 8.31. The molecular weight excluding hydrogens is 406 g/mol. The number of rotatable bonds is 7. The number of aromatic nitrogens is 4. The lowest BCUT2D eigenvalue weighted by molar-refractivity contribution is 0.0332. The van der Waals surface area contributed by atoms with Crippen LogP contribution < -0.4 is 15.5 Å². The number of hydrogen-bond acceptors (Lipinski definition) is 8. The molecule has 2 N–H and O–H groups in total. The second kappa shape index (κ2) is 9.81. The molecule has 0 spiro atoms. The lowest BCUT2D eigenvalue weighted by Crippen LogP contribution is -2.44. The number of morpholine rings is 2. The normalized spacial score (nSPS) is 19.6. The van der Waals surface area contributed by atoms with E-state index in [2.05, 4.69) is 26.9 Å². The van der Waals surface area contributed by atoms with Crippen LogP contribution in [0, 0.1) is 0 Å². The minimum absolute atomic E-state index is 0.184. The van der Waals surface area contributed by atoms with Gasteiger partial charge in [0, 0.05) is 32.2 Å². The zero-order valence-electron chi connectivity index (χ0n) is 18.4. The number of para-hydroxylation sites is 2. The van der Waals surface area contributed by atoms with Crippen molar-refractivity contribution in [2.75, 3.05) is 62.3 Å². The van der Waals surface area contributed by atoms with E-state index in [0.717, 1.165) is 80.6 Å². The van der Waals surface area contributed by atoms with E-state index in [0.29, 0.717) is 19.8 Å². The van der Waals surface area contributed by atoms with Gasteiger partial charge in [-0.3, -0.25) is 4.57 Å². The summed E-state index contributed by atoms with van der Waals surface area (Å²) in [7, 11) is 0. The summed E-state index contributed by atoms with van der Waals surface area (Å²) in [6.07, 6.45) is 5.14. The molecule has 2 aromatic heterocycles. The first-order chi connectivity index (χ1) is 15.8. The molecule has 0 aliphatic carbocycles. The summed E-state index contributed by atoms with van der Waals surface area (Å²) in [5, 5.41) is 0. The molecule has 170 valence electrons. The Morgan fingerprint density at radius 2 is 1.78 bits per heavy atom. The average molecular weight is 438 g/mol. The van der Waals surface area contributed by atoms with Crippen LogP contribution >= 0.6 is 0 Å². The predicted octanol–water partition coefficient (Wildman–Crippen LogP) is 1.99. The van der Waals surface area contributed by atoms with Gasteiger partial charge < -0.3 is 25.0 Å². The van der Waals surface area contributed by atoms with Crippen molar-refractivity contribution in [2.45, 2.75) is 25.4 Å². The molecule has 2 fully saturated rings. The highest BCUT2D eigenvalue weighted by Crippen LogP contribution is 2.25. The van der Waals surface area contributed by atoms with Crippen LogP contribution in [0.4, 0.5) is 11.8 Å². The van der Waals surface area contributed by atoms with Gasteiger partial charge in [0.05, 0.1) is 37.0 Å². The SMILES string of the molecule is NCCCCC1CN(c2nc(N3CCOCC3)cc(-n3cnc4ccccc43)n2)CCO1. The molecule has 0 saturated carbocycles. The topological polar surface area (TPSA) is 94.6 Å². The van der Waals surface area contributed by atoms with Crippen LogP contribution in [0.5, 0.6) is 0 Å². The van der Waals surface area contributed by atoms with Gasteiger partial charge in [-0.25, -0.2) is 4.98 Å². The Morgan fingerprint density at radius 3 is 2.66 bits per heavy atom. The van der Waals surface area contributed by atoms with Crippen LogP contribution in [0.1, 0.15) is 19.3 Å². The Bertz CT molecular complexity index is 1030. The fourth-order valence-electron chi connectivity index (χ4n) is 4.36. The molecule has 1 aromatic carbocycles. The summed E-state index contributed by atoms with van der Waals surface area (Å²) in [5.74, 6) is 2.50. The number of anilines is 2. The van der Waals surface area contributed by atoms with Crippen molar-refractivity contribution in [2.24, 2.45) is 5.73 Å². The fourth-order valence-corrected chi connectivity index (χ4v) is 4.36. The zero-order chi connectivity index (χ0) is 21.8. The minimum atomic E-state index is 0.184. The van der Waals surface area contributed by atoms with Crippen molar-refractivity contribution in [3.8, 4) is 5.82 Å².